The summed E-state index contributed by atoms with van der Waals surface area (Å²) in [5.41, 5.74) is 12.6. The van der Waals surface area contributed by atoms with Crippen molar-refractivity contribution in [3.05, 3.63) is 237 Å². The first-order valence-corrected chi connectivity index (χ1v) is 23.1. The van der Waals surface area contributed by atoms with Gasteiger partial charge in [-0.3, -0.25) is 9.98 Å². The van der Waals surface area contributed by atoms with Crippen LogP contribution in [-0.2, 0) is 52.5 Å². The average Bonchev–Trinajstić information content (AvgIpc) is 3.35. The molecule has 0 amide bonds. The van der Waals surface area contributed by atoms with Crippen LogP contribution in [0.25, 0.3) is 5.32 Å². The molecule has 7 heteroatoms. The topological polar surface area (TPSA) is 90.6 Å². The van der Waals surface area contributed by atoms with Crippen LogP contribution in [0.15, 0.2) is 181 Å². The van der Waals surface area contributed by atoms with Crippen molar-refractivity contribution < 1.29 is 40.6 Å². The zero-order valence-electron chi connectivity index (χ0n) is 41.3. The van der Waals surface area contributed by atoms with Crippen molar-refractivity contribution in [2.45, 2.75) is 105 Å². The van der Waals surface area contributed by atoms with E-state index in [1.165, 1.54) is 27.8 Å². The smallest absolute Gasteiger partial charge is 0.674 e. The van der Waals surface area contributed by atoms with Gasteiger partial charge in [0.25, 0.3) is 0 Å². The Labute approximate surface area is 425 Å². The molecule has 1 aromatic heterocycles. The predicted molar refractivity (Wildman–Crippen MR) is 280 cm³/mol. The molecule has 0 bridgehead atoms. The van der Waals surface area contributed by atoms with Crippen LogP contribution in [-0.4, -0.2) is 29.6 Å². The fraction of sp³-hybridized carbons (Fsp3) is 0.262. The van der Waals surface area contributed by atoms with Crippen LogP contribution in [0.1, 0.15) is 149 Å². The van der Waals surface area contributed by atoms with Crippen LogP contribution in [0.2, 0.25) is 0 Å². The normalized spacial score (nSPS) is 11.6. The third-order valence-electron chi connectivity index (χ3n) is 11.1. The number of pyridine rings is 1. The monoisotopic (exact) mass is 977 g/mol. The zero-order chi connectivity index (χ0) is 48.8. The van der Waals surface area contributed by atoms with E-state index < -0.39 is 5.54 Å². The van der Waals surface area contributed by atoms with Crippen molar-refractivity contribution in [3.8, 4) is 0 Å². The maximum Gasteiger partial charge on any atom is 2.00 e. The van der Waals surface area contributed by atoms with E-state index in [-0.39, 0.29) is 26.2 Å². The summed E-state index contributed by atoms with van der Waals surface area (Å²) < 4.78 is 0. The van der Waals surface area contributed by atoms with Gasteiger partial charge < -0.3 is 19.7 Å². The fourth-order valence-corrected chi connectivity index (χ4v) is 7.39. The van der Waals surface area contributed by atoms with E-state index >= 15 is 0 Å². The molecule has 68 heavy (non-hydrogen) atoms. The van der Waals surface area contributed by atoms with Gasteiger partial charge in [-0.05, 0) is 65.8 Å². The number of nitrogens with zero attached hydrogens (tertiary/aromatic N) is 3. The van der Waals surface area contributed by atoms with E-state index in [0.29, 0.717) is 40.4 Å². The Bertz CT molecular complexity index is 2460. The number of benzene rings is 6. The molecule has 1 atom stereocenters. The average molecular weight is 979 g/mol. The largest absolute Gasteiger partial charge is 2.00 e. The van der Waals surface area contributed by atoms with Crippen LogP contribution in [0.4, 0.5) is 11.4 Å². The fourth-order valence-electron chi connectivity index (χ4n) is 7.39. The summed E-state index contributed by atoms with van der Waals surface area (Å²) in [6.45, 7) is 22.3. The van der Waals surface area contributed by atoms with E-state index in [1.807, 2.05) is 18.2 Å². The molecule has 0 N–H and O–H groups in total. The Kier molecular flexibility index (Phi) is 23.9. The summed E-state index contributed by atoms with van der Waals surface area (Å²) in [5, 5.41) is 5.66. The van der Waals surface area contributed by atoms with E-state index in [0.717, 1.165) is 34.9 Å². The molecule has 0 radical (unpaired) electrons. The second-order valence-corrected chi connectivity index (χ2v) is 17.7. The van der Waals surface area contributed by atoms with Gasteiger partial charge in [0.2, 0.25) is 0 Å². The van der Waals surface area contributed by atoms with Crippen molar-refractivity contribution in [1.82, 2.24) is 4.98 Å². The minimum absolute atomic E-state index is 0. The Balaban J connectivity index is 0.000000392. The SMILES string of the molecule is CC(=Nc1c(C(C)C)cccc1C(C)C)c1cccc(C(C)(Cc2ccccc2)[N-]c2c(C(C)C)cccc2C(C)C)n1.O=[C-]c1ccccc1.O=[C-]c1ccccc1.O=[C-]c1ccccc1.[Zr+2]. The van der Waals surface area contributed by atoms with Crippen LogP contribution < -0.4 is 0 Å². The van der Waals surface area contributed by atoms with E-state index in [1.54, 1.807) is 91.7 Å². The summed E-state index contributed by atoms with van der Waals surface area (Å²) in [7, 11) is 0. The Morgan fingerprint density at radius 2 is 0.853 bits per heavy atom. The molecule has 0 aliphatic heterocycles. The number of hydrogen-bond acceptors (Lipinski definition) is 5. The molecular formula is C61H65N3O3Zr-2. The van der Waals surface area contributed by atoms with Crippen molar-refractivity contribution in [3.63, 3.8) is 0 Å². The molecule has 0 aliphatic rings. The van der Waals surface area contributed by atoms with Crippen molar-refractivity contribution in [2.75, 3.05) is 0 Å². The number of hydrogen-bond donors (Lipinski definition) is 0. The molecule has 348 valence electrons. The first-order valence-electron chi connectivity index (χ1n) is 23.1. The maximum absolute atomic E-state index is 9.88. The second-order valence-electron chi connectivity index (χ2n) is 17.7. The molecule has 6 aromatic carbocycles. The Morgan fingerprint density at radius 1 is 0.500 bits per heavy atom. The van der Waals surface area contributed by atoms with Crippen molar-refractivity contribution in [2.24, 2.45) is 4.99 Å². The predicted octanol–water partition coefficient (Wildman–Crippen LogP) is 15.3. The van der Waals surface area contributed by atoms with Crippen LogP contribution in [0, 0.1) is 0 Å². The third kappa shape index (κ3) is 17.2. The molecular weight excluding hydrogens is 914 g/mol. The van der Waals surface area contributed by atoms with E-state index in [4.69, 9.17) is 15.3 Å². The first kappa shape index (κ1) is 56.2. The number of aromatic nitrogens is 1. The molecule has 1 heterocycles. The van der Waals surface area contributed by atoms with Crippen molar-refractivity contribution >= 4 is 35.9 Å². The molecule has 7 aromatic rings. The molecule has 0 fully saturated rings. The zero-order valence-corrected chi connectivity index (χ0v) is 43.8. The maximum atomic E-state index is 9.88. The summed E-state index contributed by atoms with van der Waals surface area (Å²) in [5.74, 6) is 1.49. The van der Waals surface area contributed by atoms with E-state index in [2.05, 4.69) is 154 Å². The van der Waals surface area contributed by atoms with Crippen LogP contribution in [0.3, 0.4) is 0 Å². The van der Waals surface area contributed by atoms with E-state index in [9.17, 15) is 14.4 Å². The Hall–Kier alpha value is -6.17. The molecule has 0 saturated heterocycles. The molecule has 0 spiro atoms. The molecule has 6 nitrogen and oxygen atoms in total. The Morgan fingerprint density at radius 3 is 1.21 bits per heavy atom. The standard InChI is InChI=1S/C40H50N3.3C7H5O.Zr/c1-26(2)32-19-14-20-33(27(3)4)38(32)41-30(9)36-23-16-24-37(42-36)40(10,25-31-17-12-11-13-18-31)43-39-34(28(5)6)21-15-22-35(39)29(7)8;3*8-6-7-4-2-1-3-5-7;/h11-24,26-29H,25H2,1-10H3;3*1-5H;/q4*-1;+2. The van der Waals surface area contributed by atoms with Gasteiger partial charge in [0.15, 0.2) is 0 Å². The number of aliphatic imine (C=N–C) groups is 1. The molecule has 0 saturated carbocycles. The number of rotatable bonds is 14. The third-order valence-corrected chi connectivity index (χ3v) is 11.1. The summed E-state index contributed by atoms with van der Waals surface area (Å²) in [4.78, 5) is 40.2. The van der Waals surface area contributed by atoms with Gasteiger partial charge in [-0.2, -0.15) is 53.1 Å². The summed E-state index contributed by atoms with van der Waals surface area (Å²) in [6.07, 6.45) is 6.08. The molecule has 7 rings (SSSR count). The first-order chi connectivity index (χ1) is 32.2. The van der Waals surface area contributed by atoms with Gasteiger partial charge in [0, 0.05) is 5.69 Å². The van der Waals surface area contributed by atoms with Crippen LogP contribution >= 0.6 is 0 Å². The number of para-hydroxylation sites is 2. The van der Waals surface area contributed by atoms with Gasteiger partial charge in [-0.1, -0.05) is 170 Å². The van der Waals surface area contributed by atoms with Gasteiger partial charge >= 0.3 is 26.2 Å². The quantitative estimate of drug-likeness (QED) is 0.0802. The summed E-state index contributed by atoms with van der Waals surface area (Å²) >= 11 is 0. The van der Waals surface area contributed by atoms with Crippen LogP contribution in [0.5, 0.6) is 0 Å². The van der Waals surface area contributed by atoms with Gasteiger partial charge in [0.1, 0.15) is 0 Å². The number of carbonyl (C=O) groups excluding carboxylic acids is 3. The van der Waals surface area contributed by atoms with Gasteiger partial charge in [-0.25, -0.2) is 0 Å². The minimum atomic E-state index is -0.578. The van der Waals surface area contributed by atoms with Crippen molar-refractivity contribution in [1.29, 1.82) is 0 Å². The second kappa shape index (κ2) is 28.9. The van der Waals surface area contributed by atoms with Gasteiger partial charge in [-0.15, -0.1) is 42.1 Å². The summed E-state index contributed by atoms with van der Waals surface area (Å²) in [6, 6.07) is 56.9. The minimum Gasteiger partial charge on any atom is -0.674 e. The molecule has 0 aliphatic carbocycles. The van der Waals surface area contributed by atoms with Gasteiger partial charge in [0.05, 0.1) is 36.0 Å². The molecule has 1 unspecified atom stereocenters.